The molecular weight excluding hydrogens is 414 g/mol. The number of carbonyl (C=O) groups is 1. The molecule has 0 aliphatic carbocycles. The number of sulfonamides is 1. The zero-order valence-corrected chi connectivity index (χ0v) is 18.0. The Labute approximate surface area is 175 Å². The number of rotatable bonds is 10. The second-order valence-electron chi connectivity index (χ2n) is 6.77. The number of hydrogen-bond donors (Lipinski definition) is 1. The van der Waals surface area contributed by atoms with Crippen molar-refractivity contribution in [3.05, 3.63) is 59.7 Å². The summed E-state index contributed by atoms with van der Waals surface area (Å²) in [5.41, 5.74) is 0.894. The van der Waals surface area contributed by atoms with Crippen LogP contribution in [0.25, 0.3) is 0 Å². The van der Waals surface area contributed by atoms with E-state index in [1.165, 1.54) is 6.92 Å². The summed E-state index contributed by atoms with van der Waals surface area (Å²) in [4.78, 5) is 12.5. The number of carbonyl (C=O) groups excluding carboxylic acids is 1. The number of halogens is 2. The van der Waals surface area contributed by atoms with Crippen LogP contribution in [-0.4, -0.2) is 39.8 Å². The van der Waals surface area contributed by atoms with E-state index in [0.29, 0.717) is 26.0 Å². The first-order valence-electron chi connectivity index (χ1n) is 9.58. The fourth-order valence-electron chi connectivity index (χ4n) is 3.08. The van der Waals surface area contributed by atoms with Crippen LogP contribution in [0.4, 0.5) is 14.5 Å². The molecule has 164 valence electrons. The molecule has 1 atom stereocenters. The lowest BCUT2D eigenvalue weighted by Gasteiger charge is -2.28. The van der Waals surface area contributed by atoms with Gasteiger partial charge in [0.2, 0.25) is 15.9 Å². The number of ether oxygens (including phenoxy) is 1. The second-order valence-corrected chi connectivity index (χ2v) is 8.63. The number of nitrogens with one attached hydrogen (secondary N) is 1. The van der Waals surface area contributed by atoms with Crippen LogP contribution in [0.15, 0.2) is 42.5 Å². The van der Waals surface area contributed by atoms with Crippen molar-refractivity contribution in [2.75, 3.05) is 23.7 Å². The lowest BCUT2D eigenvalue weighted by molar-refractivity contribution is -0.121. The Morgan fingerprint density at radius 2 is 1.87 bits per heavy atom. The average molecular weight is 441 g/mol. The number of aryl methyl sites for hydroxylation is 1. The molecule has 0 aliphatic rings. The fraction of sp³-hybridized carbons (Fsp3) is 0.381. The Bertz CT molecular complexity index is 983. The van der Waals surface area contributed by atoms with E-state index in [4.69, 9.17) is 4.74 Å². The van der Waals surface area contributed by atoms with Gasteiger partial charge in [0.15, 0.2) is 11.6 Å². The SMILES string of the molecule is CCOc1ccccc1CCCNC(=O)[C@@H](C)N(c1ccc(F)c(F)c1)S(C)(=O)=O. The van der Waals surface area contributed by atoms with Gasteiger partial charge in [0.25, 0.3) is 0 Å². The molecule has 0 spiro atoms. The Morgan fingerprint density at radius 3 is 2.50 bits per heavy atom. The zero-order chi connectivity index (χ0) is 22.3. The van der Waals surface area contributed by atoms with Gasteiger partial charge < -0.3 is 10.1 Å². The quantitative estimate of drug-likeness (QED) is 0.576. The van der Waals surface area contributed by atoms with Gasteiger partial charge in [-0.15, -0.1) is 0 Å². The van der Waals surface area contributed by atoms with Crippen molar-refractivity contribution < 1.29 is 26.7 Å². The molecular formula is C21H26F2N2O4S. The molecule has 1 amide bonds. The first-order chi connectivity index (χ1) is 14.1. The Morgan fingerprint density at radius 1 is 1.17 bits per heavy atom. The summed E-state index contributed by atoms with van der Waals surface area (Å²) in [6.07, 6.45) is 2.19. The molecule has 0 radical (unpaired) electrons. The lowest BCUT2D eigenvalue weighted by atomic mass is 10.1. The number of nitrogens with zero attached hydrogens (tertiary/aromatic N) is 1. The van der Waals surface area contributed by atoms with E-state index in [1.54, 1.807) is 0 Å². The first kappa shape index (κ1) is 23.6. The minimum absolute atomic E-state index is 0.121. The highest BCUT2D eigenvalue weighted by atomic mass is 32.2. The average Bonchev–Trinajstić information content (AvgIpc) is 2.68. The second kappa shape index (κ2) is 10.4. The first-order valence-corrected chi connectivity index (χ1v) is 11.4. The molecule has 6 nitrogen and oxygen atoms in total. The molecule has 30 heavy (non-hydrogen) atoms. The maximum Gasteiger partial charge on any atom is 0.243 e. The molecule has 0 unspecified atom stereocenters. The van der Waals surface area contributed by atoms with E-state index in [2.05, 4.69) is 5.32 Å². The summed E-state index contributed by atoms with van der Waals surface area (Å²) in [5, 5.41) is 2.70. The molecule has 0 saturated heterocycles. The summed E-state index contributed by atoms with van der Waals surface area (Å²) < 4.78 is 57.5. The molecule has 2 aromatic carbocycles. The van der Waals surface area contributed by atoms with Gasteiger partial charge in [-0.2, -0.15) is 0 Å². The Kier molecular flexibility index (Phi) is 8.16. The van der Waals surface area contributed by atoms with E-state index >= 15 is 0 Å². The summed E-state index contributed by atoms with van der Waals surface area (Å²) >= 11 is 0. The summed E-state index contributed by atoms with van der Waals surface area (Å²) in [5.74, 6) is -2.04. The van der Waals surface area contributed by atoms with Gasteiger partial charge in [0.1, 0.15) is 11.8 Å². The highest BCUT2D eigenvalue weighted by Crippen LogP contribution is 2.23. The number of para-hydroxylation sites is 1. The smallest absolute Gasteiger partial charge is 0.243 e. The van der Waals surface area contributed by atoms with E-state index in [9.17, 15) is 22.0 Å². The topological polar surface area (TPSA) is 75.7 Å². The third-order valence-electron chi connectivity index (χ3n) is 4.44. The van der Waals surface area contributed by atoms with Gasteiger partial charge in [0, 0.05) is 12.6 Å². The highest BCUT2D eigenvalue weighted by Gasteiger charge is 2.29. The minimum Gasteiger partial charge on any atom is -0.494 e. The number of benzene rings is 2. The summed E-state index contributed by atoms with van der Waals surface area (Å²) in [6.45, 7) is 4.16. The molecule has 0 bridgehead atoms. The van der Waals surface area contributed by atoms with Crippen LogP contribution >= 0.6 is 0 Å². The van der Waals surface area contributed by atoms with E-state index in [-0.39, 0.29) is 5.69 Å². The van der Waals surface area contributed by atoms with Gasteiger partial charge in [-0.1, -0.05) is 18.2 Å². The largest absolute Gasteiger partial charge is 0.494 e. The van der Waals surface area contributed by atoms with Gasteiger partial charge in [-0.3, -0.25) is 9.10 Å². The maximum atomic E-state index is 13.6. The molecule has 0 aliphatic heterocycles. The number of anilines is 1. The van der Waals surface area contributed by atoms with E-state index in [1.807, 2.05) is 31.2 Å². The number of hydrogen-bond acceptors (Lipinski definition) is 4. The minimum atomic E-state index is -3.91. The standard InChI is InChI=1S/C21H26F2N2O4S/c1-4-29-20-10-6-5-8-16(20)9-7-13-24-21(26)15(2)25(30(3,27)28)17-11-12-18(22)19(23)14-17/h5-6,8,10-12,14-15H,4,7,9,13H2,1-3H3,(H,24,26)/t15-/m1/s1. The van der Waals surface area contributed by atoms with Crippen molar-refractivity contribution in [2.24, 2.45) is 0 Å². The Hall–Kier alpha value is -2.68. The van der Waals surface area contributed by atoms with E-state index < -0.39 is 33.6 Å². The highest BCUT2D eigenvalue weighted by molar-refractivity contribution is 7.92. The molecule has 9 heteroatoms. The van der Waals surface area contributed by atoms with Crippen LogP contribution in [-0.2, 0) is 21.2 Å². The van der Waals surface area contributed by atoms with Crippen molar-refractivity contribution in [2.45, 2.75) is 32.7 Å². The van der Waals surface area contributed by atoms with Crippen molar-refractivity contribution in [3.8, 4) is 5.75 Å². The lowest BCUT2D eigenvalue weighted by Crippen LogP contribution is -2.48. The van der Waals surface area contributed by atoms with Crippen molar-refractivity contribution in [1.29, 1.82) is 0 Å². The van der Waals surface area contributed by atoms with Crippen LogP contribution in [0.1, 0.15) is 25.8 Å². The summed E-state index contributed by atoms with van der Waals surface area (Å²) in [6, 6.07) is 9.18. The molecule has 0 aromatic heterocycles. The monoisotopic (exact) mass is 440 g/mol. The van der Waals surface area contributed by atoms with Gasteiger partial charge in [-0.25, -0.2) is 17.2 Å². The van der Waals surface area contributed by atoms with Crippen LogP contribution in [0.3, 0.4) is 0 Å². The fourth-order valence-corrected chi connectivity index (χ4v) is 4.24. The van der Waals surface area contributed by atoms with Crippen molar-refractivity contribution in [1.82, 2.24) is 5.32 Å². The van der Waals surface area contributed by atoms with Gasteiger partial charge >= 0.3 is 0 Å². The predicted octanol–water partition coefficient (Wildman–Crippen LogP) is 3.27. The van der Waals surface area contributed by atoms with Crippen LogP contribution in [0.5, 0.6) is 5.75 Å². The third-order valence-corrected chi connectivity index (χ3v) is 5.68. The van der Waals surface area contributed by atoms with Crippen LogP contribution in [0.2, 0.25) is 0 Å². The maximum absolute atomic E-state index is 13.6. The van der Waals surface area contributed by atoms with Gasteiger partial charge in [-0.05, 0) is 50.5 Å². The molecule has 0 heterocycles. The number of amides is 1. The van der Waals surface area contributed by atoms with Crippen LogP contribution < -0.4 is 14.4 Å². The third kappa shape index (κ3) is 6.16. The molecule has 0 fully saturated rings. The zero-order valence-electron chi connectivity index (χ0n) is 17.2. The summed E-state index contributed by atoms with van der Waals surface area (Å²) in [7, 11) is -3.91. The molecule has 2 rings (SSSR count). The normalized spacial score (nSPS) is 12.3. The van der Waals surface area contributed by atoms with E-state index in [0.717, 1.165) is 40.1 Å². The van der Waals surface area contributed by atoms with Crippen molar-refractivity contribution in [3.63, 3.8) is 0 Å². The van der Waals surface area contributed by atoms with Gasteiger partial charge in [0.05, 0.1) is 18.6 Å². The van der Waals surface area contributed by atoms with Crippen molar-refractivity contribution >= 4 is 21.6 Å². The Balaban J connectivity index is 2.01. The molecule has 0 saturated carbocycles. The molecule has 2 aromatic rings. The predicted molar refractivity (Wildman–Crippen MR) is 112 cm³/mol. The van der Waals surface area contributed by atoms with Crippen LogP contribution in [0, 0.1) is 11.6 Å². The molecule has 1 N–H and O–H groups in total.